The quantitative estimate of drug-likeness (QED) is 0.755. The Morgan fingerprint density at radius 1 is 1.00 bits per heavy atom. The Kier molecular flexibility index (Phi) is 5.16. The highest BCUT2D eigenvalue weighted by Gasteiger charge is 2.10. The summed E-state index contributed by atoms with van der Waals surface area (Å²) in [4.78, 5) is 24.2. The third-order valence-corrected chi connectivity index (χ3v) is 4.02. The molecular formula is C18H13Cl2N3O2. The first kappa shape index (κ1) is 17.2. The molecule has 0 unspecified atom stereocenters. The van der Waals surface area contributed by atoms with Gasteiger partial charge in [0.05, 0.1) is 10.7 Å². The number of nitrogens with one attached hydrogen (secondary N) is 1. The zero-order valence-electron chi connectivity index (χ0n) is 12.9. The van der Waals surface area contributed by atoms with Gasteiger partial charge in [-0.15, -0.1) is 0 Å². The van der Waals surface area contributed by atoms with Crippen LogP contribution in [0.4, 0.5) is 5.69 Å². The van der Waals surface area contributed by atoms with Gasteiger partial charge in [-0.3, -0.25) is 9.59 Å². The number of nitrogens with zero attached hydrogens (tertiary/aromatic N) is 2. The van der Waals surface area contributed by atoms with Crippen LogP contribution >= 0.6 is 23.2 Å². The van der Waals surface area contributed by atoms with Crippen molar-refractivity contribution in [2.24, 2.45) is 0 Å². The second kappa shape index (κ2) is 7.51. The van der Waals surface area contributed by atoms with Crippen LogP contribution in [-0.4, -0.2) is 15.7 Å². The first-order valence-corrected chi connectivity index (χ1v) is 8.17. The van der Waals surface area contributed by atoms with Crippen molar-refractivity contribution < 1.29 is 4.79 Å². The van der Waals surface area contributed by atoms with E-state index >= 15 is 0 Å². The fourth-order valence-electron chi connectivity index (χ4n) is 2.24. The van der Waals surface area contributed by atoms with Crippen LogP contribution in [0.25, 0.3) is 11.3 Å². The summed E-state index contributed by atoms with van der Waals surface area (Å²) in [5.74, 6) is -0.367. The number of carbonyl (C=O) groups is 1. The minimum absolute atomic E-state index is 0.209. The molecule has 0 saturated heterocycles. The molecule has 0 atom stereocenters. The van der Waals surface area contributed by atoms with Crippen LogP contribution in [0.15, 0.2) is 65.5 Å². The van der Waals surface area contributed by atoms with E-state index in [1.807, 2.05) is 6.07 Å². The maximum atomic E-state index is 12.2. The average Bonchev–Trinajstić information content (AvgIpc) is 2.59. The van der Waals surface area contributed by atoms with Crippen LogP contribution in [0, 0.1) is 0 Å². The van der Waals surface area contributed by atoms with Crippen LogP contribution in [0.2, 0.25) is 10.0 Å². The van der Waals surface area contributed by atoms with Gasteiger partial charge in [0.1, 0.15) is 6.54 Å². The largest absolute Gasteiger partial charge is 0.324 e. The van der Waals surface area contributed by atoms with Crippen LogP contribution < -0.4 is 10.9 Å². The molecule has 0 aliphatic rings. The Balaban J connectivity index is 1.81. The molecule has 1 N–H and O–H groups in total. The molecule has 0 fully saturated rings. The molecule has 0 aliphatic heterocycles. The lowest BCUT2D eigenvalue weighted by Gasteiger charge is -2.09. The van der Waals surface area contributed by atoms with E-state index in [1.54, 1.807) is 48.5 Å². The van der Waals surface area contributed by atoms with E-state index < -0.39 is 0 Å². The highest BCUT2D eigenvalue weighted by Crippen LogP contribution is 2.24. The molecule has 0 bridgehead atoms. The summed E-state index contributed by atoms with van der Waals surface area (Å²) in [6.45, 7) is -0.209. The smallest absolute Gasteiger partial charge is 0.267 e. The van der Waals surface area contributed by atoms with E-state index in [2.05, 4.69) is 10.4 Å². The monoisotopic (exact) mass is 373 g/mol. The molecule has 0 radical (unpaired) electrons. The third kappa shape index (κ3) is 4.26. The highest BCUT2D eigenvalue weighted by atomic mass is 35.5. The van der Waals surface area contributed by atoms with Crippen molar-refractivity contribution in [1.29, 1.82) is 0 Å². The molecule has 7 heteroatoms. The van der Waals surface area contributed by atoms with E-state index in [0.29, 0.717) is 27.0 Å². The summed E-state index contributed by atoms with van der Waals surface area (Å²) in [7, 11) is 0. The van der Waals surface area contributed by atoms with Gasteiger partial charge < -0.3 is 5.32 Å². The molecule has 5 nitrogen and oxygen atoms in total. The lowest BCUT2D eigenvalue weighted by Crippen LogP contribution is -2.29. The first-order valence-electron chi connectivity index (χ1n) is 7.41. The van der Waals surface area contributed by atoms with Gasteiger partial charge in [0.15, 0.2) is 0 Å². The summed E-state index contributed by atoms with van der Waals surface area (Å²) in [6.07, 6.45) is 0. The maximum Gasteiger partial charge on any atom is 0.267 e. The number of anilines is 1. The minimum Gasteiger partial charge on any atom is -0.324 e. The molecule has 126 valence electrons. The van der Waals surface area contributed by atoms with E-state index in [0.717, 1.165) is 4.68 Å². The second-order valence-electron chi connectivity index (χ2n) is 5.25. The van der Waals surface area contributed by atoms with Crippen molar-refractivity contribution in [2.45, 2.75) is 6.54 Å². The third-order valence-electron chi connectivity index (χ3n) is 3.44. The summed E-state index contributed by atoms with van der Waals surface area (Å²) in [5, 5.41) is 8.02. The molecule has 3 aromatic rings. The predicted octanol–water partition coefficient (Wildman–Crippen LogP) is 3.86. The van der Waals surface area contributed by atoms with E-state index in [-0.39, 0.29) is 18.0 Å². The molecule has 1 amide bonds. The van der Waals surface area contributed by atoms with E-state index in [9.17, 15) is 9.59 Å². The highest BCUT2D eigenvalue weighted by molar-refractivity contribution is 6.33. The van der Waals surface area contributed by atoms with Crippen molar-refractivity contribution in [3.05, 3.63) is 81.1 Å². The number of halogens is 2. The maximum absolute atomic E-state index is 12.2. The Bertz CT molecular complexity index is 969. The molecule has 1 heterocycles. The molecule has 25 heavy (non-hydrogen) atoms. The number of rotatable bonds is 4. The van der Waals surface area contributed by atoms with E-state index in [4.69, 9.17) is 23.2 Å². The number of amides is 1. The fraction of sp³-hybridized carbons (Fsp3) is 0.0556. The Morgan fingerprint density at radius 2 is 1.72 bits per heavy atom. The first-order chi connectivity index (χ1) is 12.0. The van der Waals surface area contributed by atoms with Crippen molar-refractivity contribution in [3.8, 4) is 11.3 Å². The van der Waals surface area contributed by atoms with Crippen LogP contribution in [0.5, 0.6) is 0 Å². The van der Waals surface area contributed by atoms with Gasteiger partial charge in [-0.1, -0.05) is 41.4 Å². The number of hydrogen-bond acceptors (Lipinski definition) is 3. The summed E-state index contributed by atoms with van der Waals surface area (Å²) in [5.41, 5.74) is 1.42. The van der Waals surface area contributed by atoms with Crippen LogP contribution in [0.1, 0.15) is 0 Å². The van der Waals surface area contributed by atoms with Crippen molar-refractivity contribution in [3.63, 3.8) is 0 Å². The summed E-state index contributed by atoms with van der Waals surface area (Å²) in [6, 6.07) is 16.8. The molecule has 0 saturated carbocycles. The van der Waals surface area contributed by atoms with E-state index in [1.165, 1.54) is 6.07 Å². The molecular weight excluding hydrogens is 361 g/mol. The lowest BCUT2D eigenvalue weighted by molar-refractivity contribution is -0.117. The van der Waals surface area contributed by atoms with Gasteiger partial charge in [0.2, 0.25) is 5.91 Å². The molecule has 3 rings (SSSR count). The normalized spacial score (nSPS) is 10.5. The number of hydrogen-bond donors (Lipinski definition) is 1. The van der Waals surface area contributed by atoms with Crippen LogP contribution in [0.3, 0.4) is 0 Å². The Labute approximate surface area is 153 Å². The molecule has 2 aromatic carbocycles. The van der Waals surface area contributed by atoms with Crippen molar-refractivity contribution in [1.82, 2.24) is 9.78 Å². The second-order valence-corrected chi connectivity index (χ2v) is 6.09. The van der Waals surface area contributed by atoms with Gasteiger partial charge in [-0.2, -0.15) is 5.10 Å². The van der Waals surface area contributed by atoms with Gasteiger partial charge >= 0.3 is 0 Å². The van der Waals surface area contributed by atoms with Gasteiger partial charge in [-0.05, 0) is 36.4 Å². The van der Waals surface area contributed by atoms with Gasteiger partial charge in [0, 0.05) is 22.3 Å². The zero-order valence-corrected chi connectivity index (χ0v) is 14.5. The van der Waals surface area contributed by atoms with Crippen LogP contribution in [-0.2, 0) is 11.3 Å². The molecule has 0 aliphatic carbocycles. The minimum atomic E-state index is -0.373. The number of carbonyl (C=O) groups excluding carboxylic acids is 1. The summed E-state index contributed by atoms with van der Waals surface area (Å²) >= 11 is 12.0. The lowest BCUT2D eigenvalue weighted by atomic mass is 10.1. The summed E-state index contributed by atoms with van der Waals surface area (Å²) < 4.78 is 1.10. The average molecular weight is 374 g/mol. The molecule has 1 aromatic heterocycles. The van der Waals surface area contributed by atoms with Crippen molar-refractivity contribution in [2.75, 3.05) is 5.32 Å². The standard InChI is InChI=1S/C18H13Cl2N3O2/c19-12-5-7-13(8-6-12)21-17(24)11-23-18(25)10-9-16(22-23)14-3-1-2-4-15(14)20/h1-10H,11H2,(H,21,24). The van der Waals surface area contributed by atoms with Crippen molar-refractivity contribution >= 4 is 34.8 Å². The fourth-order valence-corrected chi connectivity index (χ4v) is 2.60. The Hall–Kier alpha value is -2.63. The Morgan fingerprint density at radius 3 is 2.44 bits per heavy atom. The number of benzene rings is 2. The topological polar surface area (TPSA) is 64.0 Å². The van der Waals surface area contributed by atoms with Gasteiger partial charge in [0.25, 0.3) is 5.56 Å². The zero-order chi connectivity index (χ0) is 17.8. The van der Waals surface area contributed by atoms with Gasteiger partial charge in [-0.25, -0.2) is 4.68 Å². The number of aromatic nitrogens is 2. The SMILES string of the molecule is O=C(Cn1nc(-c2ccccc2Cl)ccc1=O)Nc1ccc(Cl)cc1. The molecule has 0 spiro atoms. The predicted molar refractivity (Wildman–Crippen MR) is 99.0 cm³/mol.